The van der Waals surface area contributed by atoms with Crippen LogP contribution in [0.4, 0.5) is 0 Å². The number of ether oxygens (including phenoxy) is 1. The maximum absolute atomic E-state index is 12.7. The van der Waals surface area contributed by atoms with Crippen LogP contribution in [0.15, 0.2) is 35.2 Å². The molecule has 0 saturated heterocycles. The van der Waals surface area contributed by atoms with Gasteiger partial charge in [0.2, 0.25) is 0 Å². The summed E-state index contributed by atoms with van der Waals surface area (Å²) < 4.78 is 41.7. The van der Waals surface area contributed by atoms with Crippen LogP contribution in [0.2, 0.25) is 0 Å². The zero-order chi connectivity index (χ0) is 20.5. The summed E-state index contributed by atoms with van der Waals surface area (Å²) in [4.78, 5) is 12.6. The zero-order valence-electron chi connectivity index (χ0n) is 14.6. The predicted octanol–water partition coefficient (Wildman–Crippen LogP) is 6.01. The fraction of sp³-hybridized carbons (Fsp3) is 0.316. The molecular weight excluding hydrogens is 721 g/mol. The zero-order valence-corrected chi connectivity index (χ0v) is 21.9. The molecule has 0 heterocycles. The molecule has 9 heteroatoms. The van der Waals surface area contributed by atoms with Crippen molar-refractivity contribution < 1.29 is 22.5 Å². The molecule has 0 atom stereocenters. The molecule has 0 bridgehead atoms. The summed E-state index contributed by atoms with van der Waals surface area (Å²) in [7, 11) is -4.36. The van der Waals surface area contributed by atoms with Gasteiger partial charge in [-0.05, 0) is 122 Å². The number of halogens is 3. The van der Waals surface area contributed by atoms with Crippen LogP contribution < -0.4 is 4.74 Å². The molecule has 0 radical (unpaired) electrons. The van der Waals surface area contributed by atoms with Gasteiger partial charge in [0.15, 0.2) is 0 Å². The van der Waals surface area contributed by atoms with E-state index in [1.807, 2.05) is 6.07 Å². The average Bonchev–Trinajstić information content (AvgIpc) is 2.68. The fourth-order valence-corrected chi connectivity index (χ4v) is 6.14. The topological polar surface area (TPSA) is 80.7 Å². The monoisotopic (exact) mass is 738 g/mol. The van der Waals surface area contributed by atoms with E-state index in [9.17, 15) is 17.8 Å². The first-order valence-corrected chi connectivity index (χ1v) is 13.3. The Bertz CT molecular complexity index is 1010. The van der Waals surface area contributed by atoms with E-state index in [0.29, 0.717) is 11.3 Å². The van der Waals surface area contributed by atoms with Crippen molar-refractivity contribution in [2.75, 3.05) is 0 Å². The van der Waals surface area contributed by atoms with Gasteiger partial charge in [-0.15, -0.1) is 0 Å². The average molecular weight is 738 g/mol. The lowest BCUT2D eigenvalue weighted by Gasteiger charge is -2.24. The predicted molar refractivity (Wildman–Crippen MR) is 132 cm³/mol. The third-order valence-electron chi connectivity index (χ3n) is 4.77. The van der Waals surface area contributed by atoms with Gasteiger partial charge in [-0.25, -0.2) is 4.79 Å². The molecule has 150 valence electrons. The normalized spacial score (nSPS) is 15.4. The van der Waals surface area contributed by atoms with Gasteiger partial charge in [-0.1, -0.05) is 19.3 Å². The van der Waals surface area contributed by atoms with Crippen LogP contribution in [-0.2, 0) is 10.1 Å². The van der Waals surface area contributed by atoms with Crippen molar-refractivity contribution in [1.82, 2.24) is 0 Å². The maximum Gasteiger partial charge on any atom is 0.343 e. The summed E-state index contributed by atoms with van der Waals surface area (Å²) in [5, 5.41) is 0. The SMILES string of the molecule is O=C(Oc1ccc(I)c(I)c1I)c1ccc(S(=O)(=O)O)c(C2CCCCC2)c1. The first-order valence-electron chi connectivity index (χ1n) is 8.65. The lowest BCUT2D eigenvalue weighted by Crippen LogP contribution is -2.15. The van der Waals surface area contributed by atoms with Gasteiger partial charge in [0.05, 0.1) is 14.0 Å². The second-order valence-corrected chi connectivity index (χ2v) is 11.3. The lowest BCUT2D eigenvalue weighted by atomic mass is 9.83. The highest BCUT2D eigenvalue weighted by molar-refractivity contribution is 14.1. The summed E-state index contributed by atoms with van der Waals surface area (Å²) in [5.74, 6) is -0.0693. The number of carbonyl (C=O) groups excluding carboxylic acids is 1. The largest absolute Gasteiger partial charge is 0.422 e. The third kappa shape index (κ3) is 5.19. The van der Waals surface area contributed by atoms with Crippen LogP contribution in [0.25, 0.3) is 0 Å². The molecule has 1 fully saturated rings. The van der Waals surface area contributed by atoms with Gasteiger partial charge in [0.1, 0.15) is 5.75 Å². The van der Waals surface area contributed by atoms with E-state index in [4.69, 9.17) is 4.74 Å². The van der Waals surface area contributed by atoms with E-state index in [0.717, 1.165) is 42.8 Å². The van der Waals surface area contributed by atoms with Gasteiger partial charge in [0, 0.05) is 7.14 Å². The molecule has 0 unspecified atom stereocenters. The molecule has 3 rings (SSSR count). The molecule has 1 saturated carbocycles. The number of rotatable bonds is 4. The molecule has 0 amide bonds. The second-order valence-electron chi connectivity index (χ2n) is 6.63. The molecule has 1 N–H and O–H groups in total. The molecule has 5 nitrogen and oxygen atoms in total. The Balaban J connectivity index is 1.96. The van der Waals surface area contributed by atoms with Crippen molar-refractivity contribution in [2.45, 2.75) is 42.9 Å². The van der Waals surface area contributed by atoms with Crippen molar-refractivity contribution in [3.05, 3.63) is 52.2 Å². The number of benzene rings is 2. The molecule has 2 aromatic rings. The van der Waals surface area contributed by atoms with Gasteiger partial charge >= 0.3 is 5.97 Å². The Morgan fingerprint density at radius 2 is 1.68 bits per heavy atom. The summed E-state index contributed by atoms with van der Waals surface area (Å²) in [6, 6.07) is 7.88. The molecule has 0 aliphatic heterocycles. The van der Waals surface area contributed by atoms with Crippen molar-refractivity contribution in [3.8, 4) is 5.75 Å². The van der Waals surface area contributed by atoms with E-state index in [1.165, 1.54) is 12.1 Å². The van der Waals surface area contributed by atoms with E-state index in [2.05, 4.69) is 67.8 Å². The summed E-state index contributed by atoms with van der Waals surface area (Å²) in [6.45, 7) is 0. The van der Waals surface area contributed by atoms with Crippen LogP contribution >= 0.6 is 67.8 Å². The second kappa shape index (κ2) is 9.43. The van der Waals surface area contributed by atoms with Crippen molar-refractivity contribution in [2.24, 2.45) is 0 Å². The van der Waals surface area contributed by atoms with Gasteiger partial charge in [-0.2, -0.15) is 8.42 Å². The third-order valence-corrected chi connectivity index (χ3v) is 10.9. The lowest BCUT2D eigenvalue weighted by molar-refractivity contribution is 0.0733. The van der Waals surface area contributed by atoms with E-state index >= 15 is 0 Å². The van der Waals surface area contributed by atoms with Crippen LogP contribution in [0.3, 0.4) is 0 Å². The highest BCUT2D eigenvalue weighted by Gasteiger charge is 2.26. The van der Waals surface area contributed by atoms with Crippen molar-refractivity contribution in [3.63, 3.8) is 0 Å². The molecule has 2 aromatic carbocycles. The number of hydrogen-bond acceptors (Lipinski definition) is 4. The van der Waals surface area contributed by atoms with E-state index in [1.54, 1.807) is 12.1 Å². The first-order chi connectivity index (χ1) is 13.2. The van der Waals surface area contributed by atoms with E-state index < -0.39 is 16.1 Å². The molecule has 1 aliphatic carbocycles. The minimum absolute atomic E-state index is 0.0119. The molecule has 28 heavy (non-hydrogen) atoms. The van der Waals surface area contributed by atoms with Crippen LogP contribution in [-0.4, -0.2) is 18.9 Å². The van der Waals surface area contributed by atoms with Crippen molar-refractivity contribution in [1.29, 1.82) is 0 Å². The number of esters is 1. The Labute approximate surface area is 205 Å². The van der Waals surface area contributed by atoms with Crippen molar-refractivity contribution >= 4 is 83.9 Å². The fourth-order valence-electron chi connectivity index (χ4n) is 3.39. The molecular formula is C19H17I3O5S. The van der Waals surface area contributed by atoms with Gasteiger partial charge in [0.25, 0.3) is 10.1 Å². The Hall–Kier alpha value is 0.01000. The Morgan fingerprint density at radius 3 is 2.32 bits per heavy atom. The van der Waals surface area contributed by atoms with E-state index in [-0.39, 0.29) is 16.4 Å². The van der Waals surface area contributed by atoms with Crippen LogP contribution in [0.1, 0.15) is 53.9 Å². The summed E-state index contributed by atoms with van der Waals surface area (Å²) >= 11 is 6.56. The molecule has 0 spiro atoms. The Kier molecular flexibility index (Phi) is 7.64. The smallest absolute Gasteiger partial charge is 0.343 e. The van der Waals surface area contributed by atoms with Gasteiger partial charge < -0.3 is 4.74 Å². The minimum Gasteiger partial charge on any atom is -0.422 e. The highest BCUT2D eigenvalue weighted by Crippen LogP contribution is 2.37. The standard InChI is InChI=1S/C19H17I3O5S/c20-14-7-8-15(18(22)17(14)21)27-19(23)12-6-9-16(28(24,25)26)13(10-12)11-4-2-1-3-5-11/h6-11H,1-5H2,(H,24,25,26). The number of carbonyl (C=O) groups is 1. The summed E-state index contributed by atoms with van der Waals surface area (Å²) in [6.07, 6.45) is 4.80. The van der Waals surface area contributed by atoms with Crippen LogP contribution in [0, 0.1) is 10.7 Å². The van der Waals surface area contributed by atoms with Crippen LogP contribution in [0.5, 0.6) is 5.75 Å². The molecule has 1 aliphatic rings. The minimum atomic E-state index is -4.36. The maximum atomic E-state index is 12.7. The first kappa shape index (κ1) is 22.7. The molecule has 0 aromatic heterocycles. The van der Waals surface area contributed by atoms with Gasteiger partial charge in [-0.3, -0.25) is 4.55 Å². The summed E-state index contributed by atoms with van der Waals surface area (Å²) in [5.41, 5.74) is 0.779. The quantitative estimate of drug-likeness (QED) is 0.137. The number of hydrogen-bond donors (Lipinski definition) is 1. The highest BCUT2D eigenvalue weighted by atomic mass is 127. The Morgan fingerprint density at radius 1 is 1.00 bits per heavy atom.